The number of halogens is 1. The molecule has 0 radical (unpaired) electrons. The van der Waals surface area contributed by atoms with E-state index in [0.29, 0.717) is 25.2 Å². The van der Waals surface area contributed by atoms with Crippen LogP contribution in [0.3, 0.4) is 0 Å². The summed E-state index contributed by atoms with van der Waals surface area (Å²) in [6.07, 6.45) is 2.58. The Kier molecular flexibility index (Phi) is 5.59. The normalized spacial score (nSPS) is 19.1. The van der Waals surface area contributed by atoms with Gasteiger partial charge in [-0.15, -0.1) is 0 Å². The predicted octanol–water partition coefficient (Wildman–Crippen LogP) is 0.399. The maximum Gasteiger partial charge on any atom is 0.244 e. The van der Waals surface area contributed by atoms with Crippen molar-refractivity contribution in [2.75, 3.05) is 19.6 Å². The van der Waals surface area contributed by atoms with Crippen LogP contribution in [0.4, 0.5) is 4.39 Å². The molecule has 0 spiro atoms. The number of aryl methyl sites for hydroxylation is 1. The number of piperazine rings is 1. The lowest BCUT2D eigenvalue weighted by atomic mass is 10.0. The number of benzene rings is 1. The van der Waals surface area contributed by atoms with Gasteiger partial charge in [-0.3, -0.25) is 9.48 Å². The number of amides is 1. The van der Waals surface area contributed by atoms with Gasteiger partial charge in [-0.25, -0.2) is 12.8 Å². The lowest BCUT2D eigenvalue weighted by molar-refractivity contribution is -0.136. The van der Waals surface area contributed by atoms with E-state index >= 15 is 0 Å². The Morgan fingerprint density at radius 1 is 1.44 bits per heavy atom. The van der Waals surface area contributed by atoms with Crippen LogP contribution < -0.4 is 10.0 Å². The van der Waals surface area contributed by atoms with Gasteiger partial charge in [0.25, 0.3) is 0 Å². The quantitative estimate of drug-likeness (QED) is 0.764. The largest absolute Gasteiger partial charge is 0.332 e. The van der Waals surface area contributed by atoms with Crippen LogP contribution >= 0.6 is 0 Å². The van der Waals surface area contributed by atoms with E-state index in [4.69, 9.17) is 0 Å². The van der Waals surface area contributed by atoms with Crippen molar-refractivity contribution < 1.29 is 17.6 Å². The Bertz CT molecular complexity index is 930. The van der Waals surface area contributed by atoms with Crippen molar-refractivity contribution in [2.24, 2.45) is 7.05 Å². The highest BCUT2D eigenvalue weighted by molar-refractivity contribution is 7.89. The second-order valence-corrected chi connectivity index (χ2v) is 8.21. The molecule has 2 unspecified atom stereocenters. The molecule has 1 aromatic carbocycles. The molecule has 10 heteroatoms. The Morgan fingerprint density at radius 2 is 2.22 bits per heavy atom. The lowest BCUT2D eigenvalue weighted by Crippen LogP contribution is -2.54. The van der Waals surface area contributed by atoms with Crippen LogP contribution in [-0.4, -0.2) is 54.7 Å². The minimum atomic E-state index is -3.87. The van der Waals surface area contributed by atoms with Gasteiger partial charge in [0.15, 0.2) is 0 Å². The topological polar surface area (TPSA) is 96.3 Å². The summed E-state index contributed by atoms with van der Waals surface area (Å²) in [5, 5.41) is 7.03. The molecule has 1 saturated heterocycles. The molecule has 0 saturated carbocycles. The zero-order valence-electron chi connectivity index (χ0n) is 15.1. The predicted molar refractivity (Wildman–Crippen MR) is 96.7 cm³/mol. The highest BCUT2D eigenvalue weighted by atomic mass is 32.2. The monoisotopic (exact) mass is 395 g/mol. The molecule has 3 rings (SSSR count). The minimum Gasteiger partial charge on any atom is -0.332 e. The average Bonchev–Trinajstić information content (AvgIpc) is 3.08. The summed E-state index contributed by atoms with van der Waals surface area (Å²) in [6, 6.07) is 4.75. The first-order chi connectivity index (χ1) is 12.8. The van der Waals surface area contributed by atoms with Gasteiger partial charge in [0.1, 0.15) is 10.7 Å². The SMILES string of the molecule is CC(NS(=O)(=O)c1cnn(C)c1)C(=O)N1CCNCC1c1cccc(F)c1. The second-order valence-electron chi connectivity index (χ2n) is 6.50. The van der Waals surface area contributed by atoms with E-state index in [9.17, 15) is 17.6 Å². The number of hydrogen-bond acceptors (Lipinski definition) is 5. The van der Waals surface area contributed by atoms with Gasteiger partial charge in [-0.05, 0) is 24.6 Å². The van der Waals surface area contributed by atoms with E-state index in [-0.39, 0.29) is 22.7 Å². The third-order valence-electron chi connectivity index (χ3n) is 4.45. The molecule has 1 aliphatic heterocycles. The first kappa shape index (κ1) is 19.5. The summed E-state index contributed by atoms with van der Waals surface area (Å²) in [5.41, 5.74) is 0.665. The number of carbonyl (C=O) groups is 1. The van der Waals surface area contributed by atoms with Crippen molar-refractivity contribution >= 4 is 15.9 Å². The molecule has 1 aromatic heterocycles. The van der Waals surface area contributed by atoms with Gasteiger partial charge >= 0.3 is 0 Å². The number of sulfonamides is 1. The summed E-state index contributed by atoms with van der Waals surface area (Å²) in [5.74, 6) is -0.742. The van der Waals surface area contributed by atoms with E-state index in [0.717, 1.165) is 0 Å². The zero-order valence-corrected chi connectivity index (χ0v) is 15.9. The maximum absolute atomic E-state index is 13.6. The van der Waals surface area contributed by atoms with Gasteiger partial charge in [-0.1, -0.05) is 12.1 Å². The molecule has 2 atom stereocenters. The van der Waals surface area contributed by atoms with Crippen LogP contribution in [0.25, 0.3) is 0 Å². The van der Waals surface area contributed by atoms with Gasteiger partial charge in [-0.2, -0.15) is 9.82 Å². The summed E-state index contributed by atoms with van der Waals surface area (Å²) < 4.78 is 42.3. The fourth-order valence-electron chi connectivity index (χ4n) is 3.12. The average molecular weight is 395 g/mol. The number of nitrogens with zero attached hydrogens (tertiary/aromatic N) is 3. The van der Waals surface area contributed by atoms with Crippen LogP contribution in [0.5, 0.6) is 0 Å². The third-order valence-corrected chi connectivity index (χ3v) is 5.95. The molecular formula is C17H22FN5O3S. The van der Waals surface area contributed by atoms with Crippen LogP contribution in [-0.2, 0) is 21.9 Å². The van der Waals surface area contributed by atoms with Crippen molar-refractivity contribution in [3.63, 3.8) is 0 Å². The number of nitrogens with one attached hydrogen (secondary N) is 2. The molecule has 1 aliphatic rings. The summed E-state index contributed by atoms with van der Waals surface area (Å²) in [4.78, 5) is 14.5. The molecule has 0 bridgehead atoms. The van der Waals surface area contributed by atoms with E-state index < -0.39 is 16.1 Å². The van der Waals surface area contributed by atoms with Crippen molar-refractivity contribution in [2.45, 2.75) is 23.9 Å². The van der Waals surface area contributed by atoms with Crippen molar-refractivity contribution in [3.8, 4) is 0 Å². The summed E-state index contributed by atoms with van der Waals surface area (Å²) in [6.45, 7) is 2.96. The molecular weight excluding hydrogens is 373 g/mol. The number of rotatable bonds is 5. The molecule has 2 heterocycles. The first-order valence-corrected chi connectivity index (χ1v) is 10.0. The molecule has 27 heavy (non-hydrogen) atoms. The minimum absolute atomic E-state index is 0.00774. The highest BCUT2D eigenvalue weighted by Crippen LogP contribution is 2.24. The molecule has 1 fully saturated rings. The van der Waals surface area contributed by atoms with Gasteiger partial charge < -0.3 is 10.2 Å². The lowest BCUT2D eigenvalue weighted by Gasteiger charge is -2.38. The zero-order chi connectivity index (χ0) is 19.6. The van der Waals surface area contributed by atoms with Crippen molar-refractivity contribution in [1.29, 1.82) is 0 Å². The second kappa shape index (κ2) is 7.75. The van der Waals surface area contributed by atoms with Crippen molar-refractivity contribution in [1.82, 2.24) is 24.7 Å². The fraction of sp³-hybridized carbons (Fsp3) is 0.412. The number of hydrogen-bond donors (Lipinski definition) is 2. The van der Waals surface area contributed by atoms with Crippen LogP contribution in [0.2, 0.25) is 0 Å². The molecule has 2 N–H and O–H groups in total. The van der Waals surface area contributed by atoms with E-state index in [1.54, 1.807) is 24.1 Å². The van der Waals surface area contributed by atoms with Crippen LogP contribution in [0.1, 0.15) is 18.5 Å². The maximum atomic E-state index is 13.6. The molecule has 146 valence electrons. The van der Waals surface area contributed by atoms with Crippen LogP contribution in [0.15, 0.2) is 41.6 Å². The van der Waals surface area contributed by atoms with Gasteiger partial charge in [0, 0.05) is 32.9 Å². The van der Waals surface area contributed by atoms with Crippen LogP contribution in [0, 0.1) is 5.82 Å². The summed E-state index contributed by atoms with van der Waals surface area (Å²) in [7, 11) is -2.26. The fourth-order valence-corrected chi connectivity index (χ4v) is 4.30. The van der Waals surface area contributed by atoms with Gasteiger partial charge in [0.05, 0.1) is 18.3 Å². The number of carbonyl (C=O) groups excluding carboxylic acids is 1. The first-order valence-electron chi connectivity index (χ1n) is 8.55. The smallest absolute Gasteiger partial charge is 0.244 e. The van der Waals surface area contributed by atoms with E-state index in [1.165, 1.54) is 36.1 Å². The van der Waals surface area contributed by atoms with E-state index in [2.05, 4.69) is 15.1 Å². The highest BCUT2D eigenvalue weighted by Gasteiger charge is 2.33. The Balaban J connectivity index is 1.78. The standard InChI is InChI=1S/C17H22FN5O3S/c1-12(21-27(25,26)15-9-20-22(2)11-15)17(24)23-7-6-19-10-16(23)13-4-3-5-14(18)8-13/h3-5,8-9,11-12,16,19,21H,6-7,10H2,1-2H3. The Labute approximate surface area is 157 Å². The van der Waals surface area contributed by atoms with Crippen molar-refractivity contribution in [3.05, 3.63) is 48.0 Å². The molecule has 2 aromatic rings. The Morgan fingerprint density at radius 3 is 2.89 bits per heavy atom. The third kappa shape index (κ3) is 4.34. The van der Waals surface area contributed by atoms with Gasteiger partial charge in [0.2, 0.25) is 15.9 Å². The molecule has 1 amide bonds. The summed E-state index contributed by atoms with van der Waals surface area (Å²) >= 11 is 0. The number of aromatic nitrogens is 2. The molecule has 0 aliphatic carbocycles. The Hall–Kier alpha value is -2.30. The molecule has 8 nitrogen and oxygen atoms in total. The van der Waals surface area contributed by atoms with E-state index in [1.807, 2.05) is 0 Å².